The van der Waals surface area contributed by atoms with Gasteiger partial charge in [-0.2, -0.15) is 5.10 Å². The van der Waals surface area contributed by atoms with E-state index in [0.29, 0.717) is 10.9 Å². The van der Waals surface area contributed by atoms with Crippen LogP contribution >= 0.6 is 23.1 Å². The maximum Gasteiger partial charge on any atom is 0.269 e. The van der Waals surface area contributed by atoms with E-state index < -0.39 is 0 Å². The fourth-order valence-electron chi connectivity index (χ4n) is 3.49. The summed E-state index contributed by atoms with van der Waals surface area (Å²) in [6, 6.07) is 9.64. The molecule has 0 unspecified atom stereocenters. The molecule has 1 aliphatic rings. The zero-order valence-electron chi connectivity index (χ0n) is 16.5. The fraction of sp³-hybridized carbons (Fsp3) is 0.381. The van der Waals surface area contributed by atoms with E-state index in [1.807, 2.05) is 43.0 Å². The maximum absolute atomic E-state index is 12.6. The van der Waals surface area contributed by atoms with Crippen LogP contribution in [0.1, 0.15) is 41.9 Å². The third-order valence-electron chi connectivity index (χ3n) is 5.06. The lowest BCUT2D eigenvalue weighted by Crippen LogP contribution is -2.38. The molecule has 0 saturated heterocycles. The summed E-state index contributed by atoms with van der Waals surface area (Å²) in [6.45, 7) is 2.03. The fourth-order valence-corrected chi connectivity index (χ4v) is 5.77. The lowest BCUT2D eigenvalue weighted by Gasteiger charge is -2.28. The van der Waals surface area contributed by atoms with Crippen molar-refractivity contribution in [2.75, 3.05) is 7.11 Å². The first kappa shape index (κ1) is 20.0. The Morgan fingerprint density at radius 2 is 2.10 bits per heavy atom. The highest BCUT2D eigenvalue weighted by atomic mass is 32.2. The van der Waals surface area contributed by atoms with Crippen LogP contribution in [0.25, 0.3) is 11.3 Å². The predicted molar refractivity (Wildman–Crippen MR) is 117 cm³/mol. The number of nitrogens with one attached hydrogen (secondary N) is 2. The number of nitrogens with zero attached hydrogens (tertiary/aromatic N) is 2. The summed E-state index contributed by atoms with van der Waals surface area (Å²) in [4.78, 5) is 17.2. The summed E-state index contributed by atoms with van der Waals surface area (Å²) < 4.78 is 6.41. The Bertz CT molecular complexity index is 976. The van der Waals surface area contributed by atoms with Crippen LogP contribution in [0.4, 0.5) is 0 Å². The van der Waals surface area contributed by atoms with Crippen molar-refractivity contribution in [1.82, 2.24) is 20.5 Å². The maximum atomic E-state index is 12.6. The average molecular weight is 429 g/mol. The van der Waals surface area contributed by atoms with E-state index in [0.717, 1.165) is 52.7 Å². The van der Waals surface area contributed by atoms with E-state index in [2.05, 4.69) is 25.9 Å². The first-order chi connectivity index (χ1) is 14.1. The monoisotopic (exact) mass is 428 g/mol. The molecule has 152 valence electrons. The molecule has 2 heterocycles. The number of ether oxygens (including phenoxy) is 1. The highest BCUT2D eigenvalue weighted by Crippen LogP contribution is 2.35. The molecule has 6 nitrogen and oxygen atoms in total. The Balaban J connectivity index is 1.30. The molecule has 0 radical (unpaired) electrons. The Labute approximate surface area is 178 Å². The number of aryl methyl sites for hydroxylation is 1. The van der Waals surface area contributed by atoms with Gasteiger partial charge in [-0.1, -0.05) is 23.9 Å². The van der Waals surface area contributed by atoms with Crippen LogP contribution in [0.15, 0.2) is 40.1 Å². The van der Waals surface area contributed by atoms with Gasteiger partial charge in [-0.15, -0.1) is 11.3 Å². The molecule has 0 aliphatic heterocycles. The van der Waals surface area contributed by atoms with Crippen molar-refractivity contribution in [3.63, 3.8) is 0 Å². The van der Waals surface area contributed by atoms with Crippen molar-refractivity contribution in [3.05, 3.63) is 47.1 Å². The van der Waals surface area contributed by atoms with E-state index in [-0.39, 0.29) is 11.9 Å². The first-order valence-corrected chi connectivity index (χ1v) is 11.5. The molecule has 0 spiro atoms. The second-order valence-corrected chi connectivity index (χ2v) is 9.62. The summed E-state index contributed by atoms with van der Waals surface area (Å²) in [5, 5.41) is 13.0. The van der Waals surface area contributed by atoms with Gasteiger partial charge in [0.25, 0.3) is 5.91 Å². The van der Waals surface area contributed by atoms with Crippen LogP contribution < -0.4 is 10.1 Å². The van der Waals surface area contributed by atoms with Gasteiger partial charge >= 0.3 is 0 Å². The molecular formula is C21H24N4O2S2. The second-order valence-electron chi connectivity index (χ2n) is 7.22. The minimum Gasteiger partial charge on any atom is -0.497 e. The number of benzene rings is 1. The lowest BCUT2D eigenvalue weighted by atomic mass is 9.95. The summed E-state index contributed by atoms with van der Waals surface area (Å²) in [5.41, 5.74) is 3.21. The van der Waals surface area contributed by atoms with Gasteiger partial charge < -0.3 is 10.1 Å². The summed E-state index contributed by atoms with van der Waals surface area (Å²) in [5.74, 6) is 0.664. The third kappa shape index (κ3) is 5.00. The molecule has 0 bridgehead atoms. The van der Waals surface area contributed by atoms with Gasteiger partial charge in [0, 0.05) is 27.9 Å². The molecule has 0 atom stereocenters. The number of methoxy groups -OCH3 is 1. The molecule has 1 aromatic carbocycles. The Kier molecular flexibility index (Phi) is 6.20. The Morgan fingerprint density at radius 3 is 2.83 bits per heavy atom. The summed E-state index contributed by atoms with van der Waals surface area (Å²) >= 11 is 3.59. The number of hydrogen-bond acceptors (Lipinski definition) is 6. The predicted octanol–water partition coefficient (Wildman–Crippen LogP) is 4.68. The SMILES string of the molecule is COc1cccc(-c2cc(C(=O)NC3CCC(Sc4nc(C)cs4)CC3)[nH]n2)c1. The number of rotatable bonds is 6. The van der Waals surface area contributed by atoms with E-state index >= 15 is 0 Å². The summed E-state index contributed by atoms with van der Waals surface area (Å²) in [7, 11) is 1.63. The molecule has 1 fully saturated rings. The van der Waals surface area contributed by atoms with Crippen LogP contribution in [0.3, 0.4) is 0 Å². The molecule has 4 rings (SSSR count). The standard InChI is InChI=1S/C21H24N4O2S2/c1-13-12-28-21(22-13)29-17-8-6-15(7-9-17)23-20(26)19-11-18(24-25-19)14-4-3-5-16(10-14)27-2/h3-5,10-12,15,17H,6-9H2,1-2H3,(H,23,26)(H,24,25). The highest BCUT2D eigenvalue weighted by molar-refractivity contribution is 8.01. The van der Waals surface area contributed by atoms with Crippen LogP contribution in [-0.2, 0) is 0 Å². The van der Waals surface area contributed by atoms with Crippen LogP contribution in [0, 0.1) is 6.92 Å². The van der Waals surface area contributed by atoms with Crippen molar-refractivity contribution >= 4 is 29.0 Å². The second kappa shape index (κ2) is 9.00. The number of carbonyl (C=O) groups is 1. The molecule has 1 aliphatic carbocycles. The number of aromatic amines is 1. The number of aromatic nitrogens is 3. The highest BCUT2D eigenvalue weighted by Gasteiger charge is 2.24. The number of hydrogen-bond donors (Lipinski definition) is 2. The molecule has 3 aromatic rings. The van der Waals surface area contributed by atoms with E-state index in [4.69, 9.17) is 4.74 Å². The quantitative estimate of drug-likeness (QED) is 0.596. The van der Waals surface area contributed by atoms with Gasteiger partial charge in [0.1, 0.15) is 15.8 Å². The van der Waals surface area contributed by atoms with Gasteiger partial charge in [0.2, 0.25) is 0 Å². The Morgan fingerprint density at radius 1 is 1.28 bits per heavy atom. The zero-order chi connectivity index (χ0) is 20.2. The lowest BCUT2D eigenvalue weighted by molar-refractivity contribution is 0.0923. The van der Waals surface area contributed by atoms with Crippen LogP contribution in [0.5, 0.6) is 5.75 Å². The van der Waals surface area contributed by atoms with E-state index in [9.17, 15) is 4.79 Å². The third-order valence-corrected chi connectivity index (χ3v) is 7.49. The minimum atomic E-state index is -0.0988. The zero-order valence-corrected chi connectivity index (χ0v) is 18.1. The first-order valence-electron chi connectivity index (χ1n) is 9.70. The smallest absolute Gasteiger partial charge is 0.269 e. The molecule has 29 heavy (non-hydrogen) atoms. The van der Waals surface area contributed by atoms with E-state index in [1.54, 1.807) is 24.5 Å². The molecular weight excluding hydrogens is 404 g/mol. The van der Waals surface area contributed by atoms with Gasteiger partial charge in [-0.3, -0.25) is 9.89 Å². The van der Waals surface area contributed by atoms with Crippen molar-refractivity contribution in [1.29, 1.82) is 0 Å². The van der Waals surface area contributed by atoms with Crippen molar-refractivity contribution in [2.45, 2.75) is 48.2 Å². The van der Waals surface area contributed by atoms with Crippen LogP contribution in [0.2, 0.25) is 0 Å². The molecule has 1 amide bonds. The van der Waals surface area contributed by atoms with Gasteiger partial charge in [0.15, 0.2) is 0 Å². The van der Waals surface area contributed by atoms with Gasteiger partial charge in [-0.05, 0) is 50.8 Å². The number of thioether (sulfide) groups is 1. The van der Waals surface area contributed by atoms with Crippen molar-refractivity contribution in [2.24, 2.45) is 0 Å². The van der Waals surface area contributed by atoms with Gasteiger partial charge in [-0.25, -0.2) is 4.98 Å². The van der Waals surface area contributed by atoms with Gasteiger partial charge in [0.05, 0.1) is 12.8 Å². The number of H-pyrrole nitrogens is 1. The molecule has 2 aromatic heterocycles. The van der Waals surface area contributed by atoms with Crippen molar-refractivity contribution in [3.8, 4) is 17.0 Å². The van der Waals surface area contributed by atoms with Crippen molar-refractivity contribution < 1.29 is 9.53 Å². The topological polar surface area (TPSA) is 79.9 Å². The molecule has 8 heteroatoms. The number of thiazole rings is 1. The summed E-state index contributed by atoms with van der Waals surface area (Å²) in [6.07, 6.45) is 4.16. The molecule has 2 N–H and O–H groups in total. The largest absolute Gasteiger partial charge is 0.497 e. The van der Waals surface area contributed by atoms with E-state index in [1.165, 1.54) is 0 Å². The minimum absolute atomic E-state index is 0.0988. The number of carbonyl (C=O) groups excluding carboxylic acids is 1. The normalized spacial score (nSPS) is 19.1. The average Bonchev–Trinajstić information content (AvgIpc) is 3.39. The number of amides is 1. The molecule has 1 saturated carbocycles. The Hall–Kier alpha value is -2.32. The van der Waals surface area contributed by atoms with Crippen LogP contribution in [-0.4, -0.2) is 39.5 Å².